The predicted molar refractivity (Wildman–Crippen MR) is 176 cm³/mol. The van der Waals surface area contributed by atoms with Crippen molar-refractivity contribution in [3.63, 3.8) is 0 Å². The number of alkyl carbamates (subject to hydrolysis) is 1. The van der Waals surface area contributed by atoms with Gasteiger partial charge in [0.2, 0.25) is 11.8 Å². The van der Waals surface area contributed by atoms with Gasteiger partial charge in [0.05, 0.1) is 17.1 Å². The molecule has 0 saturated heterocycles. The van der Waals surface area contributed by atoms with Gasteiger partial charge in [-0.25, -0.2) is 4.79 Å². The number of para-hydroxylation sites is 1. The van der Waals surface area contributed by atoms with Crippen molar-refractivity contribution in [1.29, 1.82) is 0 Å². The molecule has 10 heteroatoms. The third-order valence-corrected chi connectivity index (χ3v) is 7.50. The third-order valence-electron chi connectivity index (χ3n) is 7.19. The predicted octanol–water partition coefficient (Wildman–Crippen LogP) is 6.90. The van der Waals surface area contributed by atoms with Gasteiger partial charge in [0, 0.05) is 6.54 Å². The van der Waals surface area contributed by atoms with Gasteiger partial charge in [0.25, 0.3) is 5.91 Å². The van der Waals surface area contributed by atoms with Crippen LogP contribution in [-0.4, -0.2) is 46.9 Å². The molecule has 0 aromatic heterocycles. The molecule has 0 fully saturated rings. The maximum absolute atomic E-state index is 14.4. The summed E-state index contributed by atoms with van der Waals surface area (Å²) < 4.78 is 5.38. The first-order valence-electron chi connectivity index (χ1n) is 15.4. The zero-order valence-corrected chi connectivity index (χ0v) is 28.0. The smallest absolute Gasteiger partial charge is 0.408 e. The summed E-state index contributed by atoms with van der Waals surface area (Å²) in [5, 5.41) is 5.86. The summed E-state index contributed by atoms with van der Waals surface area (Å²) in [6.45, 7) is 13.1. The van der Waals surface area contributed by atoms with Crippen molar-refractivity contribution < 1.29 is 23.9 Å². The van der Waals surface area contributed by atoms with Gasteiger partial charge in [-0.2, -0.15) is 0 Å². The van der Waals surface area contributed by atoms with Crippen LogP contribution >= 0.6 is 11.6 Å². The number of ether oxygens (including phenoxy) is 1. The van der Waals surface area contributed by atoms with Crippen molar-refractivity contribution in [1.82, 2.24) is 10.2 Å². The number of nitrogens with zero attached hydrogens (tertiary/aromatic N) is 1. The van der Waals surface area contributed by atoms with Crippen LogP contribution in [0.3, 0.4) is 0 Å². The fourth-order valence-corrected chi connectivity index (χ4v) is 5.24. The number of aryl methyl sites for hydroxylation is 3. The second-order valence-electron chi connectivity index (χ2n) is 12.4. The van der Waals surface area contributed by atoms with Gasteiger partial charge in [-0.1, -0.05) is 86.5 Å². The lowest BCUT2D eigenvalue weighted by Gasteiger charge is -2.35. The molecular weight excluding hydrogens is 580 g/mol. The van der Waals surface area contributed by atoms with E-state index in [1.165, 1.54) is 4.90 Å². The highest BCUT2D eigenvalue weighted by Crippen LogP contribution is 2.31. The summed E-state index contributed by atoms with van der Waals surface area (Å²) in [7, 11) is 0. The van der Waals surface area contributed by atoms with E-state index in [4.69, 9.17) is 22.1 Å². The number of amides is 4. The number of nitrogens with one attached hydrogen (secondary N) is 2. The second kappa shape index (κ2) is 17.0. The first kappa shape index (κ1) is 36.6. The molecule has 9 nitrogen and oxygen atoms in total. The van der Waals surface area contributed by atoms with Crippen LogP contribution < -0.4 is 16.4 Å². The molecule has 0 aliphatic heterocycles. The Kier molecular flexibility index (Phi) is 14.2. The molecule has 0 aliphatic rings. The minimum absolute atomic E-state index is 0.211. The quantitative estimate of drug-likeness (QED) is 0.185. The monoisotopic (exact) mass is 628 g/mol. The van der Waals surface area contributed by atoms with Crippen molar-refractivity contribution in [2.24, 2.45) is 5.73 Å². The van der Waals surface area contributed by atoms with Gasteiger partial charge in [0.1, 0.15) is 17.7 Å². The van der Waals surface area contributed by atoms with Crippen LogP contribution in [0.1, 0.15) is 101 Å². The highest BCUT2D eigenvalue weighted by Gasteiger charge is 2.37. The van der Waals surface area contributed by atoms with E-state index in [0.717, 1.165) is 48.8 Å². The van der Waals surface area contributed by atoms with E-state index in [1.54, 1.807) is 32.9 Å². The Balaban J connectivity index is 2.62. The molecule has 44 heavy (non-hydrogen) atoms. The second-order valence-corrected chi connectivity index (χ2v) is 12.8. The number of halogens is 1. The molecule has 2 rings (SSSR count). The summed E-state index contributed by atoms with van der Waals surface area (Å²) in [6.07, 6.45) is 4.41. The van der Waals surface area contributed by atoms with E-state index in [9.17, 15) is 19.2 Å². The molecule has 0 heterocycles. The van der Waals surface area contributed by atoms with Crippen molar-refractivity contribution >= 4 is 41.1 Å². The SMILES string of the molecule is CCCCCCCCN(C(=O)C(CC(N)=O)NC(=O)OC(C)(C)C)C(C(=O)Nc1c(C)cccc1Cl)c1cc(C)ccc1C. The van der Waals surface area contributed by atoms with Gasteiger partial charge < -0.3 is 26.0 Å². The van der Waals surface area contributed by atoms with E-state index in [-0.39, 0.29) is 6.54 Å². The van der Waals surface area contributed by atoms with Crippen LogP contribution in [0.25, 0.3) is 0 Å². The minimum Gasteiger partial charge on any atom is -0.444 e. The highest BCUT2D eigenvalue weighted by atomic mass is 35.5. The van der Waals surface area contributed by atoms with Crippen LogP contribution in [0, 0.1) is 20.8 Å². The molecule has 2 atom stereocenters. The fraction of sp³-hybridized carbons (Fsp3) is 0.529. The first-order valence-corrected chi connectivity index (χ1v) is 15.7. The van der Waals surface area contributed by atoms with E-state index < -0.39 is 47.9 Å². The zero-order chi connectivity index (χ0) is 33.0. The van der Waals surface area contributed by atoms with Crippen molar-refractivity contribution in [3.8, 4) is 0 Å². The average molecular weight is 629 g/mol. The number of primary amides is 1. The summed E-state index contributed by atoms with van der Waals surface area (Å²) >= 11 is 6.48. The molecule has 0 saturated carbocycles. The largest absolute Gasteiger partial charge is 0.444 e. The molecule has 2 unspecified atom stereocenters. The topological polar surface area (TPSA) is 131 Å². The normalized spacial score (nSPS) is 12.6. The fourth-order valence-electron chi connectivity index (χ4n) is 4.97. The molecule has 0 spiro atoms. The number of carbonyl (C=O) groups is 4. The number of nitrogens with two attached hydrogens (primary N) is 1. The van der Waals surface area contributed by atoms with E-state index >= 15 is 0 Å². The Morgan fingerprint density at radius 2 is 1.61 bits per heavy atom. The lowest BCUT2D eigenvalue weighted by Crippen LogP contribution is -2.53. The third kappa shape index (κ3) is 11.5. The Morgan fingerprint density at radius 3 is 2.23 bits per heavy atom. The molecular formula is C34H49ClN4O5. The molecule has 0 radical (unpaired) electrons. The number of anilines is 1. The number of carbonyl (C=O) groups excluding carboxylic acids is 4. The van der Waals surface area contributed by atoms with E-state index in [2.05, 4.69) is 17.6 Å². The van der Waals surface area contributed by atoms with Crippen LogP contribution in [0.4, 0.5) is 10.5 Å². The first-order chi connectivity index (χ1) is 20.6. The van der Waals surface area contributed by atoms with Crippen LogP contribution in [0.15, 0.2) is 36.4 Å². The van der Waals surface area contributed by atoms with Gasteiger partial charge in [-0.15, -0.1) is 0 Å². The van der Waals surface area contributed by atoms with Crippen molar-refractivity contribution in [3.05, 3.63) is 63.7 Å². The summed E-state index contributed by atoms with van der Waals surface area (Å²) in [6, 6.07) is 8.59. The number of benzene rings is 2. The Labute approximate surface area is 267 Å². The molecule has 2 aromatic carbocycles. The highest BCUT2D eigenvalue weighted by molar-refractivity contribution is 6.34. The molecule has 242 valence electrons. The molecule has 2 aromatic rings. The minimum atomic E-state index is -1.34. The average Bonchev–Trinajstić information content (AvgIpc) is 2.91. The maximum Gasteiger partial charge on any atom is 0.408 e. The Morgan fingerprint density at radius 1 is 0.955 bits per heavy atom. The lowest BCUT2D eigenvalue weighted by molar-refractivity contribution is -0.142. The standard InChI is InChI=1S/C34H49ClN4O5/c1-8-9-10-11-12-13-19-39(32(42)27(21-28(36)40)37-33(43)44-34(5,6)7)30(25-20-22(2)17-18-23(25)3)31(41)38-29-24(4)15-14-16-26(29)35/h14-18,20,27,30H,8-13,19,21H2,1-7H3,(H2,36,40)(H,37,43)(H,38,41). The Bertz CT molecular complexity index is 1290. The maximum atomic E-state index is 14.4. The molecule has 0 aliphatic carbocycles. The Hall–Kier alpha value is -3.59. The van der Waals surface area contributed by atoms with Crippen molar-refractivity contribution in [2.45, 2.75) is 111 Å². The summed E-state index contributed by atoms with van der Waals surface area (Å²) in [5.41, 5.74) is 8.24. The van der Waals surface area contributed by atoms with Crippen LogP contribution in [0.2, 0.25) is 5.02 Å². The van der Waals surface area contributed by atoms with Gasteiger partial charge in [0.15, 0.2) is 0 Å². The van der Waals surface area contributed by atoms with Gasteiger partial charge >= 0.3 is 6.09 Å². The van der Waals surface area contributed by atoms with Crippen LogP contribution in [-0.2, 0) is 19.1 Å². The number of hydrogen-bond acceptors (Lipinski definition) is 5. The number of hydrogen-bond donors (Lipinski definition) is 3. The molecule has 0 bridgehead atoms. The van der Waals surface area contributed by atoms with Gasteiger partial charge in [-0.3, -0.25) is 14.4 Å². The summed E-state index contributed by atoms with van der Waals surface area (Å²) in [4.78, 5) is 55.0. The number of unbranched alkanes of at least 4 members (excludes halogenated alkanes) is 5. The molecule has 4 amide bonds. The van der Waals surface area contributed by atoms with Crippen molar-refractivity contribution in [2.75, 3.05) is 11.9 Å². The molecule has 4 N–H and O–H groups in total. The zero-order valence-electron chi connectivity index (χ0n) is 27.2. The van der Waals surface area contributed by atoms with E-state index in [0.29, 0.717) is 22.7 Å². The summed E-state index contributed by atoms with van der Waals surface area (Å²) in [5.74, 6) is -1.86. The van der Waals surface area contributed by atoms with E-state index in [1.807, 2.05) is 45.0 Å². The van der Waals surface area contributed by atoms with Gasteiger partial charge in [-0.05, 0) is 70.7 Å². The lowest BCUT2D eigenvalue weighted by atomic mass is 9.95. The van der Waals surface area contributed by atoms with Crippen LogP contribution in [0.5, 0.6) is 0 Å². The number of rotatable bonds is 15.